The fourth-order valence-corrected chi connectivity index (χ4v) is 2.76. The number of hydrogen-bond acceptors (Lipinski definition) is 3. The summed E-state index contributed by atoms with van der Waals surface area (Å²) in [6.07, 6.45) is 2.76. The highest BCUT2D eigenvalue weighted by Crippen LogP contribution is 2.44. The number of carbonyl (C=O) groups is 1. The molecular weight excluding hydrogens is 299 g/mol. The first-order chi connectivity index (χ1) is 11.6. The molecule has 1 aliphatic rings. The molecule has 0 radical (unpaired) electrons. The Labute approximate surface area is 144 Å². The van der Waals surface area contributed by atoms with E-state index in [2.05, 4.69) is 26.9 Å². The van der Waals surface area contributed by atoms with Gasteiger partial charge in [-0.15, -0.1) is 0 Å². The van der Waals surface area contributed by atoms with E-state index in [9.17, 15) is 4.79 Å². The van der Waals surface area contributed by atoms with Crippen LogP contribution in [0.15, 0.2) is 36.4 Å². The van der Waals surface area contributed by atoms with E-state index in [1.807, 2.05) is 24.3 Å². The summed E-state index contributed by atoms with van der Waals surface area (Å²) in [4.78, 5) is 11.7. The second-order valence-electron chi connectivity index (χ2n) is 6.46. The first-order valence-electron chi connectivity index (χ1n) is 8.61. The van der Waals surface area contributed by atoms with Crippen LogP contribution in [0, 0.1) is 6.92 Å². The average molecular weight is 322 g/mol. The van der Waals surface area contributed by atoms with Crippen molar-refractivity contribution in [3.05, 3.63) is 53.1 Å². The monoisotopic (exact) mass is 322 g/mol. The quantitative estimate of drug-likeness (QED) is 0.466. The fraction of sp³-hybridized carbons (Fsp3) is 0.350. The predicted octanol–water partition coefficient (Wildman–Crippen LogP) is 3.03. The van der Waals surface area contributed by atoms with Gasteiger partial charge in [-0.1, -0.05) is 36.1 Å². The van der Waals surface area contributed by atoms with E-state index < -0.39 is 0 Å². The molecule has 0 saturated heterocycles. The lowest BCUT2D eigenvalue weighted by Crippen LogP contribution is -2.11. The molecular formula is C20H23BO3. The van der Waals surface area contributed by atoms with Gasteiger partial charge in [0.25, 0.3) is 0 Å². The number of aryl methyl sites for hydroxylation is 1. The molecule has 0 amide bonds. The van der Waals surface area contributed by atoms with Crippen molar-refractivity contribution in [1.82, 2.24) is 0 Å². The van der Waals surface area contributed by atoms with Gasteiger partial charge >= 0.3 is 5.97 Å². The Bertz CT molecular complexity index is 751. The molecule has 0 aliphatic heterocycles. The van der Waals surface area contributed by atoms with Gasteiger partial charge in [-0.3, -0.25) is 4.79 Å². The summed E-state index contributed by atoms with van der Waals surface area (Å²) in [6.45, 7) is 4.30. The third-order valence-electron chi connectivity index (χ3n) is 4.56. The SMILES string of the molecule is Bc1ccc(OCc2c(OC(=O)CC)cccc2C2CC2)cc1C. The Kier molecular flexibility index (Phi) is 4.93. The number of esters is 1. The van der Waals surface area contributed by atoms with E-state index in [-0.39, 0.29) is 5.97 Å². The predicted molar refractivity (Wildman–Crippen MR) is 98.0 cm³/mol. The molecule has 0 aromatic heterocycles. The van der Waals surface area contributed by atoms with E-state index in [1.165, 1.54) is 29.4 Å². The zero-order valence-corrected chi connectivity index (χ0v) is 14.6. The summed E-state index contributed by atoms with van der Waals surface area (Å²) in [5.74, 6) is 1.84. The summed E-state index contributed by atoms with van der Waals surface area (Å²) in [5.41, 5.74) is 4.71. The molecule has 0 N–H and O–H groups in total. The molecule has 0 spiro atoms. The zero-order valence-electron chi connectivity index (χ0n) is 14.6. The number of hydrogen-bond donors (Lipinski definition) is 0. The van der Waals surface area contributed by atoms with Gasteiger partial charge in [0.2, 0.25) is 0 Å². The van der Waals surface area contributed by atoms with Crippen molar-refractivity contribution < 1.29 is 14.3 Å². The van der Waals surface area contributed by atoms with E-state index in [0.717, 1.165) is 11.3 Å². The smallest absolute Gasteiger partial charge is 0.310 e. The maximum atomic E-state index is 11.7. The van der Waals surface area contributed by atoms with Crippen LogP contribution in [0.3, 0.4) is 0 Å². The van der Waals surface area contributed by atoms with Crippen molar-refractivity contribution in [3.8, 4) is 11.5 Å². The molecule has 0 bridgehead atoms. The summed E-state index contributed by atoms with van der Waals surface area (Å²) < 4.78 is 11.5. The lowest BCUT2D eigenvalue weighted by atomic mass is 9.91. The first kappa shape index (κ1) is 16.6. The lowest BCUT2D eigenvalue weighted by Gasteiger charge is -2.16. The highest BCUT2D eigenvalue weighted by molar-refractivity contribution is 6.33. The Morgan fingerprint density at radius 1 is 1.25 bits per heavy atom. The minimum atomic E-state index is -0.213. The third-order valence-corrected chi connectivity index (χ3v) is 4.56. The van der Waals surface area contributed by atoms with E-state index in [1.54, 1.807) is 6.92 Å². The zero-order chi connectivity index (χ0) is 17.1. The van der Waals surface area contributed by atoms with Crippen LogP contribution in [-0.2, 0) is 11.4 Å². The first-order valence-corrected chi connectivity index (χ1v) is 8.61. The van der Waals surface area contributed by atoms with E-state index in [4.69, 9.17) is 9.47 Å². The largest absolute Gasteiger partial charge is 0.489 e. The molecule has 4 heteroatoms. The molecule has 3 nitrogen and oxygen atoms in total. The second-order valence-corrected chi connectivity index (χ2v) is 6.46. The molecule has 2 aromatic rings. The number of ether oxygens (including phenoxy) is 2. The maximum Gasteiger partial charge on any atom is 0.310 e. The van der Waals surface area contributed by atoms with E-state index in [0.29, 0.717) is 24.7 Å². The minimum absolute atomic E-state index is 0.213. The van der Waals surface area contributed by atoms with Gasteiger partial charge in [0.15, 0.2) is 0 Å². The fourth-order valence-electron chi connectivity index (χ4n) is 2.76. The Morgan fingerprint density at radius 2 is 2.04 bits per heavy atom. The lowest BCUT2D eigenvalue weighted by molar-refractivity contribution is -0.134. The molecule has 1 fully saturated rings. The summed E-state index contributed by atoms with van der Waals surface area (Å²) in [7, 11) is 2.09. The van der Waals surface area contributed by atoms with Crippen LogP contribution >= 0.6 is 0 Å². The van der Waals surface area contributed by atoms with Gasteiger partial charge in [0.1, 0.15) is 26.0 Å². The van der Waals surface area contributed by atoms with Gasteiger partial charge in [0, 0.05) is 12.0 Å². The van der Waals surface area contributed by atoms with Crippen LogP contribution in [0.4, 0.5) is 0 Å². The van der Waals surface area contributed by atoms with Crippen LogP contribution in [0.1, 0.15) is 48.8 Å². The van der Waals surface area contributed by atoms with Crippen molar-refractivity contribution in [3.63, 3.8) is 0 Å². The maximum absolute atomic E-state index is 11.7. The van der Waals surface area contributed by atoms with Crippen molar-refractivity contribution in [2.45, 2.75) is 45.6 Å². The Hall–Kier alpha value is -2.23. The van der Waals surface area contributed by atoms with Gasteiger partial charge in [0.05, 0.1) is 0 Å². The van der Waals surface area contributed by atoms with Gasteiger partial charge in [-0.2, -0.15) is 0 Å². The molecule has 24 heavy (non-hydrogen) atoms. The van der Waals surface area contributed by atoms with Crippen molar-refractivity contribution in [2.75, 3.05) is 0 Å². The van der Waals surface area contributed by atoms with Gasteiger partial charge in [-0.25, -0.2) is 0 Å². The van der Waals surface area contributed by atoms with E-state index >= 15 is 0 Å². The topological polar surface area (TPSA) is 35.5 Å². The van der Waals surface area contributed by atoms with Crippen LogP contribution in [0.2, 0.25) is 0 Å². The van der Waals surface area contributed by atoms with Crippen LogP contribution in [0.25, 0.3) is 0 Å². The molecule has 124 valence electrons. The summed E-state index contributed by atoms with van der Waals surface area (Å²) in [6, 6.07) is 12.0. The van der Waals surface area contributed by atoms with Crippen LogP contribution < -0.4 is 14.9 Å². The molecule has 2 aromatic carbocycles. The number of carbonyl (C=O) groups excluding carboxylic acids is 1. The minimum Gasteiger partial charge on any atom is -0.489 e. The molecule has 1 saturated carbocycles. The Morgan fingerprint density at radius 3 is 2.71 bits per heavy atom. The summed E-state index contributed by atoms with van der Waals surface area (Å²) in [5, 5.41) is 0. The van der Waals surface area contributed by atoms with Crippen molar-refractivity contribution in [1.29, 1.82) is 0 Å². The van der Waals surface area contributed by atoms with Crippen LogP contribution in [0.5, 0.6) is 11.5 Å². The highest BCUT2D eigenvalue weighted by atomic mass is 16.5. The molecule has 3 rings (SSSR count). The van der Waals surface area contributed by atoms with Gasteiger partial charge in [-0.05, 0) is 49.4 Å². The number of benzene rings is 2. The average Bonchev–Trinajstić information content (AvgIpc) is 3.41. The third kappa shape index (κ3) is 3.81. The summed E-state index contributed by atoms with van der Waals surface area (Å²) >= 11 is 0. The normalized spacial score (nSPS) is 13.6. The van der Waals surface area contributed by atoms with Crippen LogP contribution in [-0.4, -0.2) is 13.8 Å². The molecule has 0 atom stereocenters. The number of rotatable bonds is 6. The highest BCUT2D eigenvalue weighted by Gasteiger charge is 2.28. The second kappa shape index (κ2) is 7.12. The Balaban J connectivity index is 1.84. The van der Waals surface area contributed by atoms with Gasteiger partial charge < -0.3 is 9.47 Å². The molecule has 0 heterocycles. The van der Waals surface area contributed by atoms with Crippen molar-refractivity contribution in [2.24, 2.45) is 0 Å². The standard InChI is InChI=1S/C20H23BO3/c1-3-20(22)24-19-6-4-5-16(14-7-8-14)17(19)12-23-15-9-10-18(21)13(2)11-15/h4-6,9-11,14H,3,7-8,12,21H2,1-2H3. The molecule has 0 unspecified atom stereocenters. The van der Waals surface area contributed by atoms with Crippen molar-refractivity contribution >= 4 is 19.3 Å². The molecule has 1 aliphatic carbocycles.